The molecule has 1 N–H and O–H groups in total. The highest BCUT2D eigenvalue weighted by molar-refractivity contribution is 7.13. The minimum atomic E-state index is -0.282. The van der Waals surface area contributed by atoms with E-state index in [2.05, 4.69) is 41.4 Å². The van der Waals surface area contributed by atoms with Crippen molar-refractivity contribution in [3.63, 3.8) is 0 Å². The highest BCUT2D eigenvalue weighted by Crippen LogP contribution is 2.63. The van der Waals surface area contributed by atoms with Gasteiger partial charge in [0.2, 0.25) is 0 Å². The van der Waals surface area contributed by atoms with Crippen LogP contribution in [0.5, 0.6) is 0 Å². The lowest BCUT2D eigenvalue weighted by atomic mass is 9.70. The van der Waals surface area contributed by atoms with Crippen LogP contribution < -0.4 is 5.43 Å². The van der Waals surface area contributed by atoms with Gasteiger partial charge < -0.3 is 4.84 Å². The summed E-state index contributed by atoms with van der Waals surface area (Å²) in [5.74, 6) is 0.383. The Labute approximate surface area is 159 Å². The second-order valence-electron chi connectivity index (χ2n) is 8.18. The average Bonchev–Trinajstić information content (AvgIpc) is 3.08. The molecule has 1 amide bonds. The molecule has 2 aliphatic rings. The van der Waals surface area contributed by atoms with E-state index in [4.69, 9.17) is 4.84 Å². The molecule has 2 saturated carbocycles. The SMILES string of the molecule is CC(=NOCC(=O)NN=C1CC2CCC1(C)C2(C)C)c1sc(C)nc1C. The zero-order valence-electron chi connectivity index (χ0n) is 16.5. The number of fused-ring (bicyclic) bond motifs is 2. The highest BCUT2D eigenvalue weighted by atomic mass is 32.1. The van der Waals surface area contributed by atoms with Crippen LogP contribution in [0.1, 0.15) is 62.5 Å². The molecule has 26 heavy (non-hydrogen) atoms. The van der Waals surface area contributed by atoms with Crippen LogP contribution in [0.15, 0.2) is 10.3 Å². The Balaban J connectivity index is 1.54. The molecule has 6 nitrogen and oxygen atoms in total. The molecule has 2 unspecified atom stereocenters. The van der Waals surface area contributed by atoms with Crippen LogP contribution in [0.4, 0.5) is 0 Å². The smallest absolute Gasteiger partial charge is 0.280 e. The molecule has 2 aliphatic carbocycles. The van der Waals surface area contributed by atoms with Crippen LogP contribution in [0.2, 0.25) is 0 Å². The van der Waals surface area contributed by atoms with Gasteiger partial charge in [0.05, 0.1) is 21.3 Å². The van der Waals surface area contributed by atoms with Crippen LogP contribution in [-0.4, -0.2) is 28.9 Å². The van der Waals surface area contributed by atoms with Crippen molar-refractivity contribution in [2.24, 2.45) is 27.0 Å². The van der Waals surface area contributed by atoms with Crippen LogP contribution in [0.25, 0.3) is 0 Å². The van der Waals surface area contributed by atoms with Crippen LogP contribution in [0.3, 0.4) is 0 Å². The lowest BCUT2D eigenvalue weighted by Gasteiger charge is -2.34. The number of hydrogen-bond acceptors (Lipinski definition) is 6. The molecule has 2 fully saturated rings. The summed E-state index contributed by atoms with van der Waals surface area (Å²) in [7, 11) is 0. The molecule has 0 aromatic carbocycles. The van der Waals surface area contributed by atoms with Gasteiger partial charge in [-0.05, 0) is 51.4 Å². The summed E-state index contributed by atoms with van der Waals surface area (Å²) in [6.45, 7) is 12.5. The van der Waals surface area contributed by atoms with Crippen LogP contribution >= 0.6 is 11.3 Å². The van der Waals surface area contributed by atoms with E-state index >= 15 is 0 Å². The first-order chi connectivity index (χ1) is 12.1. The summed E-state index contributed by atoms with van der Waals surface area (Å²) >= 11 is 1.57. The number of nitrogens with zero attached hydrogens (tertiary/aromatic N) is 3. The topological polar surface area (TPSA) is 75.9 Å². The molecule has 2 atom stereocenters. The summed E-state index contributed by atoms with van der Waals surface area (Å²) in [4.78, 5) is 22.6. The van der Waals surface area contributed by atoms with Crippen LogP contribution in [0, 0.1) is 30.6 Å². The number of hydrogen-bond donors (Lipinski definition) is 1. The third-order valence-electron chi connectivity index (χ3n) is 6.46. The second-order valence-corrected chi connectivity index (χ2v) is 9.39. The minimum Gasteiger partial charge on any atom is -0.385 e. The number of nitrogens with one attached hydrogen (secondary N) is 1. The van der Waals surface area contributed by atoms with E-state index in [9.17, 15) is 4.79 Å². The summed E-state index contributed by atoms with van der Waals surface area (Å²) in [5, 5.41) is 9.46. The normalized spacial score (nSPS) is 28.6. The van der Waals surface area contributed by atoms with E-state index in [1.54, 1.807) is 11.3 Å². The van der Waals surface area contributed by atoms with Crippen molar-refractivity contribution in [2.45, 2.75) is 60.8 Å². The van der Waals surface area contributed by atoms with E-state index in [0.717, 1.165) is 39.8 Å². The van der Waals surface area contributed by atoms with E-state index in [1.807, 2.05) is 20.8 Å². The van der Waals surface area contributed by atoms with Crippen molar-refractivity contribution >= 4 is 28.7 Å². The molecular formula is C19H28N4O2S. The number of aromatic nitrogens is 1. The van der Waals surface area contributed by atoms with Gasteiger partial charge in [-0.3, -0.25) is 4.79 Å². The standard InChI is InChI=1S/C19H28N4O2S/c1-11-17(26-13(3)20-11)12(2)23-25-10-16(24)22-21-15-9-14-7-8-19(15,6)18(14,4)5/h14H,7-10H2,1-6H3,(H,22,24). The van der Waals surface area contributed by atoms with Gasteiger partial charge in [-0.1, -0.05) is 25.9 Å². The Morgan fingerprint density at radius 2 is 2.12 bits per heavy atom. The Bertz CT molecular complexity index is 781. The molecule has 142 valence electrons. The maximum Gasteiger partial charge on any atom is 0.280 e. The maximum absolute atomic E-state index is 12.0. The van der Waals surface area contributed by atoms with Gasteiger partial charge in [-0.2, -0.15) is 5.10 Å². The van der Waals surface area contributed by atoms with E-state index < -0.39 is 0 Å². The number of oxime groups is 1. The van der Waals surface area contributed by atoms with Crippen molar-refractivity contribution in [2.75, 3.05) is 6.61 Å². The number of rotatable bonds is 5. The Morgan fingerprint density at radius 1 is 1.38 bits per heavy atom. The number of carbonyl (C=O) groups is 1. The molecule has 0 aliphatic heterocycles. The average molecular weight is 377 g/mol. The molecular weight excluding hydrogens is 348 g/mol. The minimum absolute atomic E-state index is 0.0854. The highest BCUT2D eigenvalue weighted by Gasteiger charge is 2.59. The summed E-state index contributed by atoms with van der Waals surface area (Å²) < 4.78 is 0. The third-order valence-corrected chi connectivity index (χ3v) is 7.64. The molecule has 1 aromatic heterocycles. The number of aryl methyl sites for hydroxylation is 2. The van der Waals surface area contributed by atoms with Gasteiger partial charge >= 0.3 is 0 Å². The van der Waals surface area contributed by atoms with E-state index in [-0.39, 0.29) is 23.3 Å². The lowest BCUT2D eigenvalue weighted by Crippen LogP contribution is -2.34. The largest absolute Gasteiger partial charge is 0.385 e. The number of carbonyl (C=O) groups excluding carboxylic acids is 1. The van der Waals surface area contributed by atoms with Crippen LogP contribution in [-0.2, 0) is 9.63 Å². The predicted molar refractivity (Wildman–Crippen MR) is 105 cm³/mol. The van der Waals surface area contributed by atoms with E-state index in [0.29, 0.717) is 5.92 Å². The van der Waals surface area contributed by atoms with Crippen molar-refractivity contribution < 1.29 is 9.63 Å². The molecule has 7 heteroatoms. The zero-order valence-corrected chi connectivity index (χ0v) is 17.3. The molecule has 3 rings (SSSR count). The first kappa shape index (κ1) is 19.0. The molecule has 0 spiro atoms. The third kappa shape index (κ3) is 3.17. The Morgan fingerprint density at radius 3 is 2.65 bits per heavy atom. The number of hydrazone groups is 1. The fourth-order valence-electron chi connectivity index (χ4n) is 4.36. The van der Waals surface area contributed by atoms with Crippen molar-refractivity contribution in [1.82, 2.24) is 10.4 Å². The van der Waals surface area contributed by atoms with Gasteiger partial charge in [-0.25, -0.2) is 10.4 Å². The monoisotopic (exact) mass is 376 g/mol. The van der Waals surface area contributed by atoms with Gasteiger partial charge in [0.15, 0.2) is 6.61 Å². The van der Waals surface area contributed by atoms with Gasteiger partial charge in [0, 0.05) is 11.1 Å². The fraction of sp³-hybridized carbons (Fsp3) is 0.684. The van der Waals surface area contributed by atoms with Crippen molar-refractivity contribution in [3.8, 4) is 0 Å². The van der Waals surface area contributed by atoms with Crippen molar-refractivity contribution in [1.29, 1.82) is 0 Å². The van der Waals surface area contributed by atoms with Gasteiger partial charge in [-0.15, -0.1) is 11.3 Å². The molecule has 0 saturated heterocycles. The Kier molecular flexibility index (Phi) is 4.94. The van der Waals surface area contributed by atoms with Gasteiger partial charge in [0.1, 0.15) is 0 Å². The molecule has 1 heterocycles. The Hall–Kier alpha value is -1.76. The maximum atomic E-state index is 12.0. The van der Waals surface area contributed by atoms with Gasteiger partial charge in [0.25, 0.3) is 5.91 Å². The quantitative estimate of drug-likeness (QED) is 0.627. The lowest BCUT2D eigenvalue weighted by molar-refractivity contribution is -0.125. The summed E-state index contributed by atoms with van der Waals surface area (Å²) in [6.07, 6.45) is 3.38. The number of thiazole rings is 1. The summed E-state index contributed by atoms with van der Waals surface area (Å²) in [6, 6.07) is 0. The first-order valence-electron chi connectivity index (χ1n) is 9.12. The summed E-state index contributed by atoms with van der Waals surface area (Å²) in [5.41, 5.74) is 5.76. The molecule has 0 radical (unpaired) electrons. The predicted octanol–water partition coefficient (Wildman–Crippen LogP) is 3.82. The first-order valence-corrected chi connectivity index (χ1v) is 9.93. The number of amides is 1. The second kappa shape index (κ2) is 6.76. The molecule has 1 aromatic rings. The van der Waals surface area contributed by atoms with E-state index in [1.165, 1.54) is 6.42 Å². The van der Waals surface area contributed by atoms with Crippen molar-refractivity contribution in [3.05, 3.63) is 15.6 Å². The molecule has 2 bridgehead atoms. The fourth-order valence-corrected chi connectivity index (χ4v) is 5.21. The zero-order chi connectivity index (χ0) is 19.1.